The highest BCUT2D eigenvalue weighted by Gasteiger charge is 2.34. The maximum Gasteiger partial charge on any atom is 0.250 e. The highest BCUT2D eigenvalue weighted by molar-refractivity contribution is 9.18. The number of aromatic nitrogens is 3. The molecule has 0 saturated heterocycles. The van der Waals surface area contributed by atoms with Gasteiger partial charge in [0.1, 0.15) is 0 Å². The average Bonchev–Trinajstić information content (AvgIpc) is 2.45. The molecule has 0 atom stereocenters. The number of benzene rings is 1. The molecule has 11 heteroatoms. The molecule has 0 fully saturated rings. The van der Waals surface area contributed by atoms with Crippen molar-refractivity contribution in [2.45, 2.75) is 7.59 Å². The first kappa shape index (κ1) is 19.4. The minimum Gasteiger partial charge on any atom is -0.281 e. The maximum absolute atomic E-state index is 11.2. The van der Waals surface area contributed by atoms with Crippen LogP contribution in [-0.2, 0) is 7.59 Å². The maximum atomic E-state index is 11.2. The number of hydrogen-bond donors (Lipinski definition) is 0. The van der Waals surface area contributed by atoms with Crippen LogP contribution in [0.25, 0.3) is 11.4 Å². The highest BCUT2D eigenvalue weighted by Crippen LogP contribution is 2.40. The molecule has 2 rings (SSSR count). The molecule has 0 unspecified atom stereocenters. The molecule has 122 valence electrons. The van der Waals surface area contributed by atoms with Crippen molar-refractivity contribution in [2.75, 3.05) is 0 Å². The zero-order valence-electron chi connectivity index (χ0n) is 10.7. The van der Waals surface area contributed by atoms with E-state index in [9.17, 15) is 4.79 Å². The van der Waals surface area contributed by atoms with Gasteiger partial charge in [-0.15, -0.1) is 0 Å². The largest absolute Gasteiger partial charge is 0.281 e. The fraction of sp³-hybridized carbons (Fsp3) is 0.167. The second kappa shape index (κ2) is 7.16. The number of nitrogens with zero attached hydrogens (tertiary/aromatic N) is 3. The van der Waals surface area contributed by atoms with Gasteiger partial charge in [0.15, 0.2) is 17.5 Å². The third-order valence-corrected chi connectivity index (χ3v) is 3.98. The van der Waals surface area contributed by atoms with Crippen molar-refractivity contribution >= 4 is 90.2 Å². The van der Waals surface area contributed by atoms with E-state index in [0.29, 0.717) is 11.1 Å². The summed E-state index contributed by atoms with van der Waals surface area (Å²) in [6.07, 6.45) is 0. The molecule has 0 spiro atoms. The van der Waals surface area contributed by atoms with Crippen LogP contribution in [0.2, 0.25) is 0 Å². The van der Waals surface area contributed by atoms with Crippen LogP contribution in [0.15, 0.2) is 24.3 Å². The van der Waals surface area contributed by atoms with Gasteiger partial charge >= 0.3 is 0 Å². The zero-order valence-corrected chi connectivity index (χ0v) is 16.8. The van der Waals surface area contributed by atoms with E-state index in [0.717, 1.165) is 0 Å². The van der Waals surface area contributed by atoms with Gasteiger partial charge < -0.3 is 0 Å². The van der Waals surface area contributed by atoms with E-state index in [1.165, 1.54) is 0 Å². The summed E-state index contributed by atoms with van der Waals surface area (Å²) in [5, 5.41) is 0. The summed E-state index contributed by atoms with van der Waals surface area (Å²) in [7, 11) is 0. The van der Waals surface area contributed by atoms with Crippen LogP contribution in [0.1, 0.15) is 22.0 Å². The Hall–Kier alpha value is 0.120. The summed E-state index contributed by atoms with van der Waals surface area (Å²) in [4.78, 5) is 23.3. The molecule has 1 aromatic carbocycles. The Labute approximate surface area is 169 Å². The molecule has 0 bridgehead atoms. The van der Waals surface area contributed by atoms with Crippen LogP contribution >= 0.6 is 85.5 Å². The third kappa shape index (κ3) is 5.05. The molecule has 4 nitrogen and oxygen atoms in total. The lowest BCUT2D eigenvalue weighted by Gasteiger charge is -2.15. The van der Waals surface area contributed by atoms with Crippen LogP contribution in [0.5, 0.6) is 0 Å². The normalized spacial score (nSPS) is 12.3. The van der Waals surface area contributed by atoms with E-state index in [1.807, 2.05) is 0 Å². The number of hydrogen-bond acceptors (Lipinski definition) is 4. The van der Waals surface area contributed by atoms with Gasteiger partial charge in [0.25, 0.3) is 0 Å². The molecule has 1 heterocycles. The summed E-state index contributed by atoms with van der Waals surface area (Å²) in [5.41, 5.74) is 0.974. The Morgan fingerprint density at radius 1 is 0.826 bits per heavy atom. The monoisotopic (exact) mass is 495 g/mol. The lowest BCUT2D eigenvalue weighted by atomic mass is 10.1. The summed E-state index contributed by atoms with van der Waals surface area (Å²) in [6.45, 7) is 0. The SMILES string of the molecule is O=C(Br)c1ccc(-c2nc(C(Cl)(Cl)Cl)nc(C(Cl)(Cl)Cl)n2)cc1. The third-order valence-electron chi connectivity index (χ3n) is 2.51. The van der Waals surface area contributed by atoms with Crippen molar-refractivity contribution in [3.8, 4) is 11.4 Å². The van der Waals surface area contributed by atoms with Gasteiger partial charge in [0.05, 0.1) is 0 Å². The van der Waals surface area contributed by atoms with Gasteiger partial charge in [-0.05, 0) is 28.1 Å². The molecule has 1 aromatic heterocycles. The lowest BCUT2D eigenvalue weighted by molar-refractivity contribution is 0.109. The molecule has 0 aliphatic heterocycles. The lowest BCUT2D eigenvalue weighted by Crippen LogP contribution is -2.16. The highest BCUT2D eigenvalue weighted by atomic mass is 79.9. The van der Waals surface area contributed by atoms with Crippen LogP contribution in [0.4, 0.5) is 0 Å². The van der Waals surface area contributed by atoms with Crippen molar-refractivity contribution in [1.29, 1.82) is 0 Å². The predicted molar refractivity (Wildman–Crippen MR) is 97.0 cm³/mol. The van der Waals surface area contributed by atoms with E-state index < -0.39 is 7.59 Å². The number of carbonyl (C=O) groups excluding carboxylic acids is 1. The van der Waals surface area contributed by atoms with E-state index >= 15 is 0 Å². The Kier molecular flexibility index (Phi) is 6.05. The topological polar surface area (TPSA) is 55.7 Å². The number of alkyl halides is 6. The van der Waals surface area contributed by atoms with Crippen molar-refractivity contribution in [1.82, 2.24) is 15.0 Å². The fourth-order valence-electron chi connectivity index (χ4n) is 1.51. The zero-order chi connectivity index (χ0) is 17.4. The molecular weight excluding hydrogens is 495 g/mol. The summed E-state index contributed by atoms with van der Waals surface area (Å²) >= 11 is 37.7. The Morgan fingerprint density at radius 3 is 1.61 bits per heavy atom. The molecule has 0 saturated carbocycles. The Morgan fingerprint density at radius 2 is 1.26 bits per heavy atom. The summed E-state index contributed by atoms with van der Waals surface area (Å²) in [5.74, 6) is -0.236. The summed E-state index contributed by atoms with van der Waals surface area (Å²) in [6, 6.07) is 6.35. The van der Waals surface area contributed by atoms with Gasteiger partial charge in [0.2, 0.25) is 12.3 Å². The van der Waals surface area contributed by atoms with E-state index in [1.54, 1.807) is 24.3 Å². The van der Waals surface area contributed by atoms with Crippen molar-refractivity contribution in [3.05, 3.63) is 41.5 Å². The van der Waals surface area contributed by atoms with Crippen molar-refractivity contribution in [3.63, 3.8) is 0 Å². The molecule has 0 N–H and O–H groups in total. The Bertz CT molecular complexity index is 710. The molecule has 0 aliphatic rings. The van der Waals surface area contributed by atoms with Crippen LogP contribution in [0, 0.1) is 0 Å². The summed E-state index contributed by atoms with van der Waals surface area (Å²) < 4.78 is -4.11. The molecule has 0 aliphatic carbocycles. The van der Waals surface area contributed by atoms with E-state index in [-0.39, 0.29) is 22.2 Å². The predicted octanol–water partition coefficient (Wildman–Crippen LogP) is 5.73. The number of rotatable bonds is 2. The molecule has 0 amide bonds. The van der Waals surface area contributed by atoms with Crippen LogP contribution in [-0.4, -0.2) is 19.6 Å². The minimum absolute atomic E-state index is 0.135. The minimum atomic E-state index is -1.92. The van der Waals surface area contributed by atoms with Gasteiger partial charge in [0, 0.05) is 11.1 Å². The van der Waals surface area contributed by atoms with E-state index in [4.69, 9.17) is 69.6 Å². The smallest absolute Gasteiger partial charge is 0.250 e. The Balaban J connectivity index is 2.59. The van der Waals surface area contributed by atoms with Crippen molar-refractivity contribution in [2.24, 2.45) is 0 Å². The number of carbonyl (C=O) groups is 1. The van der Waals surface area contributed by atoms with E-state index in [2.05, 4.69) is 30.9 Å². The fourth-order valence-corrected chi connectivity index (χ4v) is 2.28. The second-order valence-corrected chi connectivity index (χ2v) is 9.44. The van der Waals surface area contributed by atoms with Crippen LogP contribution in [0.3, 0.4) is 0 Å². The molecule has 2 aromatic rings. The first-order valence-electron chi connectivity index (χ1n) is 5.69. The quantitative estimate of drug-likeness (QED) is 0.392. The molecule has 0 radical (unpaired) electrons. The van der Waals surface area contributed by atoms with Gasteiger partial charge in [-0.1, -0.05) is 81.7 Å². The first-order valence-corrected chi connectivity index (χ1v) is 8.75. The average molecular weight is 499 g/mol. The van der Waals surface area contributed by atoms with Gasteiger partial charge in [-0.2, -0.15) is 0 Å². The standard InChI is InChI=1S/C12H4BrCl6N3O/c13-7(23)5-1-3-6(4-2-5)8-20-9(11(14,15)16)22-10(21-8)12(17,18)19/h1-4H. The van der Waals surface area contributed by atoms with Gasteiger partial charge in [-0.3, -0.25) is 4.79 Å². The van der Waals surface area contributed by atoms with Crippen molar-refractivity contribution < 1.29 is 4.79 Å². The van der Waals surface area contributed by atoms with Crippen LogP contribution < -0.4 is 0 Å². The van der Waals surface area contributed by atoms with Gasteiger partial charge in [-0.25, -0.2) is 15.0 Å². The first-order chi connectivity index (χ1) is 10.5. The molecule has 23 heavy (non-hydrogen) atoms. The number of halogens is 7. The second-order valence-electron chi connectivity index (χ2n) is 4.15. The molecular formula is C12H4BrCl6N3O.